The number of rotatable bonds is 6. The molecule has 0 aliphatic rings. The van der Waals surface area contributed by atoms with Gasteiger partial charge in [-0.05, 0) is 55.5 Å². The third-order valence-corrected chi connectivity index (χ3v) is 4.35. The van der Waals surface area contributed by atoms with Gasteiger partial charge in [0.15, 0.2) is 0 Å². The fourth-order valence-corrected chi connectivity index (χ4v) is 2.81. The van der Waals surface area contributed by atoms with Gasteiger partial charge in [0.2, 0.25) is 5.91 Å². The molecule has 0 saturated carbocycles. The molecule has 0 bridgehead atoms. The number of carbonyl (C=O) groups is 2. The average Bonchev–Trinajstić information content (AvgIpc) is 2.71. The van der Waals surface area contributed by atoms with Crippen molar-refractivity contribution in [3.63, 3.8) is 0 Å². The first-order valence-corrected chi connectivity index (χ1v) is 9.54. The summed E-state index contributed by atoms with van der Waals surface area (Å²) in [5.74, 6) is -1.03. The van der Waals surface area contributed by atoms with Crippen LogP contribution in [0.4, 0.5) is 31.9 Å². The number of carbonyl (C=O) groups excluding carboxylic acids is 2. The number of hydrogen-bond donors (Lipinski definition) is 4. The predicted molar refractivity (Wildman–Crippen MR) is 119 cm³/mol. The molecule has 0 fully saturated rings. The van der Waals surface area contributed by atoms with Crippen molar-refractivity contribution in [2.45, 2.75) is 13.0 Å². The van der Waals surface area contributed by atoms with Crippen LogP contribution in [0.1, 0.15) is 6.92 Å². The van der Waals surface area contributed by atoms with Crippen LogP contribution in [0.15, 0.2) is 72.8 Å². The molecule has 30 heavy (non-hydrogen) atoms. The highest BCUT2D eigenvalue weighted by atomic mass is 35.5. The van der Waals surface area contributed by atoms with E-state index in [9.17, 15) is 14.0 Å². The first-order chi connectivity index (χ1) is 14.4. The van der Waals surface area contributed by atoms with Crippen LogP contribution >= 0.6 is 11.6 Å². The molecular weight excluding hydrogens is 407 g/mol. The minimum absolute atomic E-state index is 0.0473. The number of urea groups is 1. The molecule has 3 aromatic carbocycles. The molecule has 1 unspecified atom stereocenters. The zero-order valence-electron chi connectivity index (χ0n) is 16.1. The van der Waals surface area contributed by atoms with Crippen molar-refractivity contribution >= 4 is 46.3 Å². The fourth-order valence-electron chi connectivity index (χ4n) is 2.65. The molecule has 0 radical (unpaired) electrons. The normalized spacial score (nSPS) is 11.3. The zero-order chi connectivity index (χ0) is 21.5. The second-order valence-corrected chi connectivity index (χ2v) is 6.94. The molecule has 3 rings (SSSR count). The Morgan fingerprint density at radius 2 is 1.50 bits per heavy atom. The van der Waals surface area contributed by atoms with Gasteiger partial charge < -0.3 is 21.3 Å². The van der Waals surface area contributed by atoms with Crippen molar-refractivity contribution in [2.24, 2.45) is 0 Å². The second-order valence-electron chi connectivity index (χ2n) is 6.51. The highest BCUT2D eigenvalue weighted by molar-refractivity contribution is 6.30. The Labute approximate surface area is 178 Å². The molecule has 1 atom stereocenters. The fraction of sp³-hybridized carbons (Fsp3) is 0.0909. The van der Waals surface area contributed by atoms with Gasteiger partial charge in [0.25, 0.3) is 0 Å². The monoisotopic (exact) mass is 426 g/mol. The van der Waals surface area contributed by atoms with Crippen molar-refractivity contribution < 1.29 is 14.0 Å². The van der Waals surface area contributed by atoms with E-state index in [1.807, 2.05) is 18.2 Å². The van der Waals surface area contributed by atoms with Crippen LogP contribution in [-0.2, 0) is 4.79 Å². The Balaban J connectivity index is 1.58. The van der Waals surface area contributed by atoms with Gasteiger partial charge in [0.05, 0.1) is 5.69 Å². The Hall–Kier alpha value is -3.58. The van der Waals surface area contributed by atoms with Gasteiger partial charge in [-0.1, -0.05) is 35.9 Å². The first kappa shape index (κ1) is 21.1. The standard InChI is InChI=1S/C22H20ClFN4O2/c1-14(21(29)28-20-11-10-15(23)12-19(20)24)25-17-8-5-9-18(13-17)27-22(30)26-16-6-3-2-4-7-16/h2-14,25H,1H3,(H,28,29)(H2,26,27,30). The molecule has 0 heterocycles. The van der Waals surface area contributed by atoms with Gasteiger partial charge in [-0.25, -0.2) is 9.18 Å². The number of hydrogen-bond acceptors (Lipinski definition) is 3. The molecule has 0 aliphatic carbocycles. The number of halogens is 2. The molecule has 0 aliphatic heterocycles. The molecule has 8 heteroatoms. The molecule has 154 valence electrons. The highest BCUT2D eigenvalue weighted by Gasteiger charge is 2.15. The summed E-state index contributed by atoms with van der Waals surface area (Å²) in [7, 11) is 0. The lowest BCUT2D eigenvalue weighted by atomic mass is 10.2. The van der Waals surface area contributed by atoms with Gasteiger partial charge in [0.1, 0.15) is 11.9 Å². The summed E-state index contributed by atoms with van der Waals surface area (Å²) in [6, 6.07) is 19.0. The summed E-state index contributed by atoms with van der Waals surface area (Å²) in [6.45, 7) is 1.64. The molecule has 4 N–H and O–H groups in total. The summed E-state index contributed by atoms with van der Waals surface area (Å²) >= 11 is 5.72. The number of nitrogens with one attached hydrogen (secondary N) is 4. The van der Waals surface area contributed by atoms with E-state index in [1.165, 1.54) is 12.1 Å². The maximum atomic E-state index is 13.9. The second kappa shape index (κ2) is 9.76. The summed E-state index contributed by atoms with van der Waals surface area (Å²) < 4.78 is 13.9. The van der Waals surface area contributed by atoms with E-state index in [2.05, 4.69) is 21.3 Å². The van der Waals surface area contributed by atoms with Crippen LogP contribution in [0, 0.1) is 5.82 Å². The van der Waals surface area contributed by atoms with Crippen molar-refractivity contribution in [3.05, 3.63) is 83.6 Å². The third-order valence-electron chi connectivity index (χ3n) is 4.12. The van der Waals surface area contributed by atoms with Crippen LogP contribution in [-0.4, -0.2) is 18.0 Å². The molecule has 0 spiro atoms. The van der Waals surface area contributed by atoms with Gasteiger partial charge in [0, 0.05) is 22.1 Å². The Kier molecular flexibility index (Phi) is 6.87. The Morgan fingerprint density at radius 1 is 0.833 bits per heavy atom. The van der Waals surface area contributed by atoms with Crippen LogP contribution in [0.3, 0.4) is 0 Å². The van der Waals surface area contributed by atoms with Crippen molar-refractivity contribution in [1.82, 2.24) is 0 Å². The largest absolute Gasteiger partial charge is 0.374 e. The SMILES string of the molecule is CC(Nc1cccc(NC(=O)Nc2ccccc2)c1)C(=O)Nc1ccc(Cl)cc1F. The van der Waals surface area contributed by atoms with Crippen LogP contribution in [0.25, 0.3) is 0 Å². The van der Waals surface area contributed by atoms with E-state index in [0.29, 0.717) is 17.1 Å². The van der Waals surface area contributed by atoms with Gasteiger partial charge in [-0.2, -0.15) is 0 Å². The molecule has 3 amide bonds. The summed E-state index contributed by atoms with van der Waals surface area (Å²) in [5, 5.41) is 11.2. The van der Waals surface area contributed by atoms with E-state index >= 15 is 0 Å². The van der Waals surface area contributed by atoms with Gasteiger partial charge >= 0.3 is 6.03 Å². The summed E-state index contributed by atoms with van der Waals surface area (Å²) in [6.07, 6.45) is 0. The molecule has 6 nitrogen and oxygen atoms in total. The molecule has 3 aromatic rings. The Bertz CT molecular complexity index is 1050. The number of anilines is 4. The first-order valence-electron chi connectivity index (χ1n) is 9.16. The van der Waals surface area contributed by atoms with Crippen LogP contribution in [0.2, 0.25) is 5.02 Å². The minimum Gasteiger partial charge on any atom is -0.374 e. The lowest BCUT2D eigenvalue weighted by Crippen LogP contribution is -2.32. The number of amides is 3. The topological polar surface area (TPSA) is 82.3 Å². The molecule has 0 saturated heterocycles. The van der Waals surface area contributed by atoms with Gasteiger partial charge in [-0.15, -0.1) is 0 Å². The van der Waals surface area contributed by atoms with Crippen LogP contribution in [0.5, 0.6) is 0 Å². The summed E-state index contributed by atoms with van der Waals surface area (Å²) in [5.41, 5.74) is 1.88. The van der Waals surface area contributed by atoms with Crippen LogP contribution < -0.4 is 21.3 Å². The summed E-state index contributed by atoms with van der Waals surface area (Å²) in [4.78, 5) is 24.5. The highest BCUT2D eigenvalue weighted by Crippen LogP contribution is 2.20. The molecule has 0 aromatic heterocycles. The van der Waals surface area contributed by atoms with E-state index in [1.54, 1.807) is 43.3 Å². The Morgan fingerprint density at radius 3 is 2.23 bits per heavy atom. The quantitative estimate of drug-likeness (QED) is 0.416. The molecular formula is C22H20ClFN4O2. The zero-order valence-corrected chi connectivity index (χ0v) is 16.8. The minimum atomic E-state index is -0.659. The van der Waals surface area contributed by atoms with Crippen molar-refractivity contribution in [2.75, 3.05) is 21.3 Å². The van der Waals surface area contributed by atoms with E-state index in [0.717, 1.165) is 6.07 Å². The maximum Gasteiger partial charge on any atom is 0.323 e. The lowest BCUT2D eigenvalue weighted by Gasteiger charge is -2.16. The lowest BCUT2D eigenvalue weighted by molar-refractivity contribution is -0.116. The van der Waals surface area contributed by atoms with E-state index in [-0.39, 0.29) is 16.7 Å². The van der Waals surface area contributed by atoms with Crippen molar-refractivity contribution in [3.8, 4) is 0 Å². The number of para-hydroxylation sites is 1. The maximum absolute atomic E-state index is 13.9. The average molecular weight is 427 g/mol. The smallest absolute Gasteiger partial charge is 0.323 e. The van der Waals surface area contributed by atoms with Crippen molar-refractivity contribution in [1.29, 1.82) is 0 Å². The van der Waals surface area contributed by atoms with E-state index in [4.69, 9.17) is 11.6 Å². The third kappa shape index (κ3) is 5.96. The van der Waals surface area contributed by atoms with E-state index < -0.39 is 17.8 Å². The van der Waals surface area contributed by atoms with Gasteiger partial charge in [-0.3, -0.25) is 4.79 Å². The predicted octanol–water partition coefficient (Wildman–Crippen LogP) is 5.56. The number of benzene rings is 3.